The van der Waals surface area contributed by atoms with Crippen LogP contribution in [-0.2, 0) is 6.54 Å². The first-order valence-electron chi connectivity index (χ1n) is 5.42. The van der Waals surface area contributed by atoms with Gasteiger partial charge in [0.15, 0.2) is 0 Å². The van der Waals surface area contributed by atoms with Crippen LogP contribution in [0.4, 0.5) is 5.13 Å². The molecule has 18 heavy (non-hydrogen) atoms. The molecular weight excluding hydrogens is 266 g/mol. The van der Waals surface area contributed by atoms with E-state index >= 15 is 0 Å². The second-order valence-corrected chi connectivity index (χ2v) is 5.62. The molecule has 0 saturated carbocycles. The SMILES string of the molecule is CNc1nnc(Cn2ccnc2-c2cccs2)s1. The maximum absolute atomic E-state index is 4.40. The molecule has 0 radical (unpaired) electrons. The van der Waals surface area contributed by atoms with Crippen LogP contribution in [0.25, 0.3) is 10.7 Å². The van der Waals surface area contributed by atoms with Gasteiger partial charge in [0.25, 0.3) is 0 Å². The van der Waals surface area contributed by atoms with Crippen LogP contribution in [0.15, 0.2) is 29.9 Å². The molecule has 0 atom stereocenters. The number of nitrogens with one attached hydrogen (secondary N) is 1. The van der Waals surface area contributed by atoms with Crippen molar-refractivity contribution in [3.05, 3.63) is 34.9 Å². The zero-order chi connectivity index (χ0) is 12.4. The molecule has 0 unspecified atom stereocenters. The summed E-state index contributed by atoms with van der Waals surface area (Å²) in [6.45, 7) is 0.701. The Hall–Kier alpha value is -1.73. The van der Waals surface area contributed by atoms with Crippen LogP contribution < -0.4 is 5.32 Å². The van der Waals surface area contributed by atoms with E-state index in [1.54, 1.807) is 22.7 Å². The van der Waals surface area contributed by atoms with Gasteiger partial charge in [0.05, 0.1) is 11.4 Å². The van der Waals surface area contributed by atoms with Crippen LogP contribution in [0.5, 0.6) is 0 Å². The molecular formula is C11H11N5S2. The summed E-state index contributed by atoms with van der Waals surface area (Å²) in [5, 5.41) is 15.0. The molecule has 3 rings (SSSR count). The Balaban J connectivity index is 1.87. The number of hydrogen-bond donors (Lipinski definition) is 1. The maximum atomic E-state index is 4.40. The number of thiophene rings is 1. The predicted octanol–water partition coefficient (Wildman–Crippen LogP) is 2.55. The lowest BCUT2D eigenvalue weighted by molar-refractivity contribution is 0.787. The highest BCUT2D eigenvalue weighted by molar-refractivity contribution is 7.15. The number of rotatable bonds is 4. The maximum Gasteiger partial charge on any atom is 0.205 e. The predicted molar refractivity (Wildman–Crippen MR) is 74.1 cm³/mol. The summed E-state index contributed by atoms with van der Waals surface area (Å²) in [4.78, 5) is 5.56. The first kappa shape index (κ1) is 11.4. The van der Waals surface area contributed by atoms with Gasteiger partial charge in [0, 0.05) is 19.4 Å². The molecule has 0 amide bonds. The normalized spacial score (nSPS) is 10.7. The zero-order valence-corrected chi connectivity index (χ0v) is 11.3. The van der Waals surface area contributed by atoms with Crippen LogP contribution in [0.3, 0.4) is 0 Å². The second-order valence-electron chi connectivity index (χ2n) is 3.61. The van der Waals surface area contributed by atoms with Crippen molar-refractivity contribution in [2.45, 2.75) is 6.54 Å². The summed E-state index contributed by atoms with van der Waals surface area (Å²) in [6, 6.07) is 4.10. The molecule has 0 spiro atoms. The molecule has 92 valence electrons. The summed E-state index contributed by atoms with van der Waals surface area (Å²) < 4.78 is 2.09. The Morgan fingerprint density at radius 3 is 3.06 bits per heavy atom. The number of anilines is 1. The van der Waals surface area contributed by atoms with Gasteiger partial charge in [0.2, 0.25) is 5.13 Å². The monoisotopic (exact) mass is 277 g/mol. The van der Waals surface area contributed by atoms with Gasteiger partial charge in [-0.05, 0) is 11.4 Å². The van der Waals surface area contributed by atoms with E-state index in [0.717, 1.165) is 16.0 Å². The lowest BCUT2D eigenvalue weighted by Crippen LogP contribution is -1.99. The van der Waals surface area contributed by atoms with Gasteiger partial charge in [-0.1, -0.05) is 17.4 Å². The van der Waals surface area contributed by atoms with E-state index in [4.69, 9.17) is 0 Å². The first-order valence-corrected chi connectivity index (χ1v) is 7.11. The Labute approximate surface area is 112 Å². The average Bonchev–Trinajstić information content (AvgIpc) is 3.09. The van der Waals surface area contributed by atoms with Crippen LogP contribution in [0.2, 0.25) is 0 Å². The van der Waals surface area contributed by atoms with Crippen LogP contribution in [-0.4, -0.2) is 26.8 Å². The summed E-state index contributed by atoms with van der Waals surface area (Å²) in [5.74, 6) is 0.978. The molecule has 0 aliphatic rings. The molecule has 0 aromatic carbocycles. The van der Waals surface area contributed by atoms with Crippen molar-refractivity contribution in [1.29, 1.82) is 0 Å². The molecule has 3 aromatic heterocycles. The molecule has 3 heterocycles. The van der Waals surface area contributed by atoms with Crippen molar-refractivity contribution < 1.29 is 0 Å². The van der Waals surface area contributed by atoms with E-state index in [0.29, 0.717) is 6.54 Å². The minimum atomic E-state index is 0.701. The van der Waals surface area contributed by atoms with Crippen molar-refractivity contribution in [3.8, 4) is 10.7 Å². The highest BCUT2D eigenvalue weighted by Crippen LogP contribution is 2.24. The van der Waals surface area contributed by atoms with Crippen molar-refractivity contribution in [3.63, 3.8) is 0 Å². The van der Waals surface area contributed by atoms with Gasteiger partial charge >= 0.3 is 0 Å². The fraction of sp³-hybridized carbons (Fsp3) is 0.182. The smallest absolute Gasteiger partial charge is 0.205 e. The highest BCUT2D eigenvalue weighted by atomic mass is 32.1. The van der Waals surface area contributed by atoms with Gasteiger partial charge in [-0.2, -0.15) is 0 Å². The topological polar surface area (TPSA) is 55.6 Å². The van der Waals surface area contributed by atoms with Crippen molar-refractivity contribution in [2.24, 2.45) is 0 Å². The Bertz CT molecular complexity index is 625. The largest absolute Gasteiger partial charge is 0.363 e. The summed E-state index contributed by atoms with van der Waals surface area (Å²) >= 11 is 3.25. The number of imidazole rings is 1. The van der Waals surface area contributed by atoms with Gasteiger partial charge in [-0.3, -0.25) is 0 Å². The van der Waals surface area contributed by atoms with Crippen LogP contribution >= 0.6 is 22.7 Å². The number of nitrogens with zero attached hydrogens (tertiary/aromatic N) is 4. The molecule has 0 aliphatic heterocycles. The minimum Gasteiger partial charge on any atom is -0.363 e. The van der Waals surface area contributed by atoms with Crippen molar-refractivity contribution in [1.82, 2.24) is 19.7 Å². The molecule has 5 nitrogen and oxygen atoms in total. The average molecular weight is 277 g/mol. The van der Waals surface area contributed by atoms with Gasteiger partial charge in [-0.25, -0.2) is 4.98 Å². The fourth-order valence-corrected chi connectivity index (χ4v) is 3.06. The standard InChI is InChI=1S/C11H11N5S2/c1-12-11-15-14-9(18-11)7-16-5-4-13-10(16)8-3-2-6-17-8/h2-6H,7H2,1H3,(H,12,15). The zero-order valence-electron chi connectivity index (χ0n) is 9.70. The van der Waals surface area contributed by atoms with E-state index in [1.807, 2.05) is 25.5 Å². The van der Waals surface area contributed by atoms with Gasteiger partial charge in [-0.15, -0.1) is 21.5 Å². The summed E-state index contributed by atoms with van der Waals surface area (Å²) in [6.07, 6.45) is 3.78. The molecule has 0 bridgehead atoms. The third-order valence-corrected chi connectivity index (χ3v) is 4.23. The lowest BCUT2D eigenvalue weighted by Gasteiger charge is -2.02. The van der Waals surface area contributed by atoms with E-state index in [2.05, 4.69) is 36.5 Å². The molecule has 0 fully saturated rings. The van der Waals surface area contributed by atoms with Crippen LogP contribution in [0, 0.1) is 0 Å². The Kier molecular flexibility index (Phi) is 3.07. The van der Waals surface area contributed by atoms with Crippen molar-refractivity contribution in [2.75, 3.05) is 12.4 Å². The fourth-order valence-electron chi connectivity index (χ4n) is 1.63. The van der Waals surface area contributed by atoms with Gasteiger partial charge in [0.1, 0.15) is 10.8 Å². The molecule has 7 heteroatoms. The third kappa shape index (κ3) is 2.14. The highest BCUT2D eigenvalue weighted by Gasteiger charge is 2.09. The second kappa shape index (κ2) is 4.87. The van der Waals surface area contributed by atoms with E-state index in [-0.39, 0.29) is 0 Å². The third-order valence-electron chi connectivity index (χ3n) is 2.44. The Morgan fingerprint density at radius 1 is 1.39 bits per heavy atom. The van der Waals surface area contributed by atoms with Gasteiger partial charge < -0.3 is 9.88 Å². The van der Waals surface area contributed by atoms with E-state index in [9.17, 15) is 0 Å². The van der Waals surface area contributed by atoms with Crippen LogP contribution in [0.1, 0.15) is 5.01 Å². The lowest BCUT2D eigenvalue weighted by atomic mass is 10.4. The quantitative estimate of drug-likeness (QED) is 0.796. The summed E-state index contributed by atoms with van der Waals surface area (Å²) in [7, 11) is 1.85. The minimum absolute atomic E-state index is 0.701. The van der Waals surface area contributed by atoms with E-state index < -0.39 is 0 Å². The molecule has 3 aromatic rings. The number of hydrogen-bond acceptors (Lipinski definition) is 6. The Morgan fingerprint density at radius 2 is 2.33 bits per heavy atom. The molecule has 0 saturated heterocycles. The number of aromatic nitrogens is 4. The molecule has 0 aliphatic carbocycles. The molecule has 1 N–H and O–H groups in total. The van der Waals surface area contributed by atoms with E-state index in [1.165, 1.54) is 4.88 Å². The first-order chi connectivity index (χ1) is 8.86. The summed E-state index contributed by atoms with van der Waals surface area (Å²) in [5.41, 5.74) is 0. The van der Waals surface area contributed by atoms with Crippen molar-refractivity contribution >= 4 is 27.8 Å².